The number of rotatable bonds is 4. The first kappa shape index (κ1) is 15.2. The van der Waals surface area contributed by atoms with Crippen LogP contribution in [-0.4, -0.2) is 23.2 Å². The summed E-state index contributed by atoms with van der Waals surface area (Å²) in [7, 11) is 1.58. The van der Waals surface area contributed by atoms with Crippen LogP contribution in [-0.2, 0) is 0 Å². The van der Waals surface area contributed by atoms with Crippen molar-refractivity contribution in [3.63, 3.8) is 0 Å². The zero-order chi connectivity index (χ0) is 16.2. The van der Waals surface area contributed by atoms with Crippen molar-refractivity contribution in [1.82, 2.24) is 10.2 Å². The Morgan fingerprint density at radius 2 is 2.00 bits per heavy atom. The first-order valence-electron chi connectivity index (χ1n) is 6.70. The second kappa shape index (κ2) is 6.62. The van der Waals surface area contributed by atoms with Crippen molar-refractivity contribution in [2.24, 2.45) is 0 Å². The number of carbonyl (C=O) groups excluding carboxylic acids is 1. The van der Waals surface area contributed by atoms with Crippen molar-refractivity contribution in [3.8, 4) is 17.2 Å². The lowest BCUT2D eigenvalue weighted by Gasteiger charge is -2.01. The second-order valence-electron chi connectivity index (χ2n) is 4.61. The summed E-state index contributed by atoms with van der Waals surface area (Å²) in [5.41, 5.74) is 1.19. The maximum Gasteiger partial charge on any atom is 0.322 e. The fourth-order valence-corrected chi connectivity index (χ4v) is 2.34. The van der Waals surface area contributed by atoms with Gasteiger partial charge in [0.15, 0.2) is 0 Å². The number of anilines is 1. The van der Waals surface area contributed by atoms with Gasteiger partial charge < -0.3 is 9.15 Å². The molecule has 0 unspecified atom stereocenters. The van der Waals surface area contributed by atoms with Crippen molar-refractivity contribution >= 4 is 27.9 Å². The SMILES string of the molecule is COc1cccc(-c2nnc(NC(=O)c3cccc(Br)c3)o2)c1. The van der Waals surface area contributed by atoms with Gasteiger partial charge in [-0.2, -0.15) is 0 Å². The lowest BCUT2D eigenvalue weighted by Crippen LogP contribution is -2.11. The van der Waals surface area contributed by atoms with Crippen LogP contribution in [0.5, 0.6) is 5.75 Å². The lowest BCUT2D eigenvalue weighted by molar-refractivity contribution is 0.102. The van der Waals surface area contributed by atoms with E-state index in [0.29, 0.717) is 22.8 Å². The summed E-state index contributed by atoms with van der Waals surface area (Å²) in [4.78, 5) is 12.1. The predicted octanol–water partition coefficient (Wildman–Crippen LogP) is 3.76. The maximum atomic E-state index is 12.1. The van der Waals surface area contributed by atoms with Crippen LogP contribution in [0.25, 0.3) is 11.5 Å². The minimum Gasteiger partial charge on any atom is -0.497 e. The van der Waals surface area contributed by atoms with Gasteiger partial charge in [0, 0.05) is 15.6 Å². The molecule has 0 aliphatic heterocycles. The first-order valence-corrected chi connectivity index (χ1v) is 7.50. The average molecular weight is 374 g/mol. The minimum atomic E-state index is -0.327. The molecule has 0 fully saturated rings. The summed E-state index contributed by atoms with van der Waals surface area (Å²) in [6, 6.07) is 14.3. The van der Waals surface area contributed by atoms with Crippen molar-refractivity contribution in [3.05, 3.63) is 58.6 Å². The molecule has 7 heteroatoms. The summed E-state index contributed by atoms with van der Waals surface area (Å²) >= 11 is 3.32. The molecular formula is C16H12BrN3O3. The van der Waals surface area contributed by atoms with Gasteiger partial charge in [0.25, 0.3) is 5.91 Å². The number of halogens is 1. The zero-order valence-electron chi connectivity index (χ0n) is 12.1. The molecule has 1 amide bonds. The zero-order valence-corrected chi connectivity index (χ0v) is 13.7. The van der Waals surface area contributed by atoms with Crippen molar-refractivity contribution in [1.29, 1.82) is 0 Å². The molecule has 0 aliphatic rings. The molecule has 0 radical (unpaired) electrons. The third-order valence-corrected chi connectivity index (χ3v) is 3.54. The van der Waals surface area contributed by atoms with Crippen molar-refractivity contribution in [2.75, 3.05) is 12.4 Å². The normalized spacial score (nSPS) is 10.3. The Hall–Kier alpha value is -2.67. The number of benzene rings is 2. The van der Waals surface area contributed by atoms with E-state index in [9.17, 15) is 4.79 Å². The highest BCUT2D eigenvalue weighted by Crippen LogP contribution is 2.24. The average Bonchev–Trinajstić information content (AvgIpc) is 3.03. The quantitative estimate of drug-likeness (QED) is 0.753. The molecular weight excluding hydrogens is 362 g/mol. The van der Waals surface area contributed by atoms with E-state index in [0.717, 1.165) is 4.47 Å². The van der Waals surface area contributed by atoms with Crippen molar-refractivity contribution < 1.29 is 13.9 Å². The number of hydrogen-bond acceptors (Lipinski definition) is 5. The molecule has 0 saturated heterocycles. The lowest BCUT2D eigenvalue weighted by atomic mass is 10.2. The van der Waals surface area contributed by atoms with E-state index in [4.69, 9.17) is 9.15 Å². The monoisotopic (exact) mass is 373 g/mol. The van der Waals surface area contributed by atoms with E-state index in [1.807, 2.05) is 24.3 Å². The molecule has 116 valence electrons. The molecule has 3 rings (SSSR count). The van der Waals surface area contributed by atoms with Crippen LogP contribution >= 0.6 is 15.9 Å². The van der Waals surface area contributed by atoms with E-state index in [-0.39, 0.29) is 11.9 Å². The van der Waals surface area contributed by atoms with Gasteiger partial charge in [-0.1, -0.05) is 33.2 Å². The Kier molecular flexibility index (Phi) is 4.38. The van der Waals surface area contributed by atoms with Crippen LogP contribution in [0.4, 0.5) is 6.01 Å². The van der Waals surface area contributed by atoms with E-state index in [1.165, 1.54) is 0 Å². The van der Waals surface area contributed by atoms with Crippen LogP contribution in [0.15, 0.2) is 57.4 Å². The first-order chi connectivity index (χ1) is 11.2. The Morgan fingerprint density at radius 3 is 2.78 bits per heavy atom. The number of hydrogen-bond donors (Lipinski definition) is 1. The van der Waals surface area contributed by atoms with Gasteiger partial charge in [-0.05, 0) is 36.4 Å². The van der Waals surface area contributed by atoms with E-state index in [2.05, 4.69) is 31.4 Å². The largest absolute Gasteiger partial charge is 0.497 e. The summed E-state index contributed by atoms with van der Waals surface area (Å²) in [5.74, 6) is 0.654. The topological polar surface area (TPSA) is 77.3 Å². The Morgan fingerprint density at radius 1 is 1.17 bits per heavy atom. The highest BCUT2D eigenvalue weighted by atomic mass is 79.9. The summed E-state index contributed by atoms with van der Waals surface area (Å²) in [6.07, 6.45) is 0. The van der Waals surface area contributed by atoms with Crippen molar-refractivity contribution in [2.45, 2.75) is 0 Å². The number of methoxy groups -OCH3 is 1. The number of amides is 1. The second-order valence-corrected chi connectivity index (χ2v) is 5.52. The van der Waals surface area contributed by atoms with Crippen LogP contribution in [0.2, 0.25) is 0 Å². The third kappa shape index (κ3) is 3.57. The fraction of sp³-hybridized carbons (Fsp3) is 0.0625. The molecule has 6 nitrogen and oxygen atoms in total. The van der Waals surface area contributed by atoms with E-state index >= 15 is 0 Å². The molecule has 3 aromatic rings. The van der Waals surface area contributed by atoms with Gasteiger partial charge in [0.05, 0.1) is 7.11 Å². The number of carbonyl (C=O) groups is 1. The molecule has 0 bridgehead atoms. The Balaban J connectivity index is 1.78. The number of ether oxygens (including phenoxy) is 1. The summed E-state index contributed by atoms with van der Waals surface area (Å²) in [5, 5.41) is 10.3. The van der Waals surface area contributed by atoms with Gasteiger partial charge in [-0.3, -0.25) is 10.1 Å². The predicted molar refractivity (Wildman–Crippen MR) is 88.4 cm³/mol. The van der Waals surface area contributed by atoms with Gasteiger partial charge in [0.2, 0.25) is 5.89 Å². The smallest absolute Gasteiger partial charge is 0.322 e. The Labute approximate surface area is 140 Å². The molecule has 23 heavy (non-hydrogen) atoms. The summed E-state index contributed by atoms with van der Waals surface area (Å²) in [6.45, 7) is 0. The third-order valence-electron chi connectivity index (χ3n) is 3.05. The molecule has 0 spiro atoms. The highest BCUT2D eigenvalue weighted by molar-refractivity contribution is 9.10. The summed E-state index contributed by atoms with van der Waals surface area (Å²) < 4.78 is 11.4. The van der Waals surface area contributed by atoms with Crippen LogP contribution in [0.3, 0.4) is 0 Å². The number of aromatic nitrogens is 2. The van der Waals surface area contributed by atoms with Crippen LogP contribution < -0.4 is 10.1 Å². The molecule has 0 saturated carbocycles. The fourth-order valence-electron chi connectivity index (χ4n) is 1.95. The molecule has 2 aromatic carbocycles. The van der Waals surface area contributed by atoms with E-state index in [1.54, 1.807) is 31.4 Å². The molecule has 1 aromatic heterocycles. The van der Waals surface area contributed by atoms with Gasteiger partial charge in [-0.25, -0.2) is 0 Å². The van der Waals surface area contributed by atoms with E-state index < -0.39 is 0 Å². The van der Waals surface area contributed by atoms with Gasteiger partial charge in [0.1, 0.15) is 5.75 Å². The van der Waals surface area contributed by atoms with Crippen LogP contribution in [0, 0.1) is 0 Å². The molecule has 0 atom stereocenters. The van der Waals surface area contributed by atoms with Gasteiger partial charge in [-0.15, -0.1) is 5.10 Å². The van der Waals surface area contributed by atoms with Gasteiger partial charge >= 0.3 is 6.01 Å². The minimum absolute atomic E-state index is 0.0350. The number of nitrogens with zero attached hydrogens (tertiary/aromatic N) is 2. The van der Waals surface area contributed by atoms with Crippen LogP contribution in [0.1, 0.15) is 10.4 Å². The number of nitrogens with one attached hydrogen (secondary N) is 1. The molecule has 0 aliphatic carbocycles. The molecule has 1 heterocycles. The molecule has 1 N–H and O–H groups in total. The highest BCUT2D eigenvalue weighted by Gasteiger charge is 2.13. The maximum absolute atomic E-state index is 12.1. The standard InChI is InChI=1S/C16H12BrN3O3/c1-22-13-7-3-5-11(9-13)15-19-20-16(23-15)18-14(21)10-4-2-6-12(17)8-10/h2-9H,1H3,(H,18,20,21). The Bertz CT molecular complexity index is 848.